The van der Waals surface area contributed by atoms with Gasteiger partial charge in [0, 0.05) is 17.5 Å². The molecule has 1 saturated heterocycles. The smallest absolute Gasteiger partial charge is 0.198 e. The van der Waals surface area contributed by atoms with Gasteiger partial charge < -0.3 is 19.5 Å². The molecule has 0 unspecified atom stereocenters. The molecule has 4 aliphatic rings. The number of unbranched alkanes of at least 4 members (excludes halogenated alkanes) is 1. The molecular formula is C21H28N2O3. The molecule has 26 heavy (non-hydrogen) atoms. The van der Waals surface area contributed by atoms with E-state index in [0.29, 0.717) is 12.6 Å². The van der Waals surface area contributed by atoms with Crippen molar-refractivity contribution in [1.29, 1.82) is 0 Å². The summed E-state index contributed by atoms with van der Waals surface area (Å²) in [5.74, 6) is 1.81. The van der Waals surface area contributed by atoms with Crippen LogP contribution < -0.4 is 15.2 Å². The summed E-state index contributed by atoms with van der Waals surface area (Å²) in [7, 11) is 2.19. The molecule has 1 fully saturated rings. The third kappa shape index (κ3) is 1.81. The molecule has 1 aromatic carbocycles. The molecule has 0 radical (unpaired) electrons. The highest BCUT2D eigenvalue weighted by Crippen LogP contribution is 2.65. The average Bonchev–Trinajstić information content (AvgIpc) is 2.91. The van der Waals surface area contributed by atoms with E-state index in [1.165, 1.54) is 11.1 Å². The van der Waals surface area contributed by atoms with Gasteiger partial charge in [-0.3, -0.25) is 5.73 Å². The van der Waals surface area contributed by atoms with Crippen molar-refractivity contribution in [3.63, 3.8) is 0 Å². The minimum absolute atomic E-state index is 0.259. The number of nitrogens with zero attached hydrogens (tertiary/aromatic N) is 1. The Kier molecular flexibility index (Phi) is 3.49. The van der Waals surface area contributed by atoms with Gasteiger partial charge in [-0.1, -0.05) is 31.6 Å². The standard InChI is InChI=1S/C21H28N2O3/c1-3-4-11-25-16-7-5-13-12-15-14-6-8-17(24)21(22)20(14,9-10-23(15)2)18(13)19(16)26-21/h5-8,14-15,17,24H,3-4,9-12,22H2,1-2H3/t14-,15+,17-,20-,21-/m0/s1. The Bertz CT molecular complexity index is 779. The third-order valence-electron chi connectivity index (χ3n) is 7.16. The van der Waals surface area contributed by atoms with Crippen LogP contribution in [0.5, 0.6) is 11.5 Å². The van der Waals surface area contributed by atoms with Gasteiger partial charge in [0.05, 0.1) is 12.0 Å². The van der Waals surface area contributed by atoms with E-state index in [4.69, 9.17) is 15.2 Å². The number of piperidine rings is 1. The predicted molar refractivity (Wildman–Crippen MR) is 99.4 cm³/mol. The number of hydrogen-bond acceptors (Lipinski definition) is 5. The molecule has 2 heterocycles. The maximum atomic E-state index is 10.8. The molecule has 5 atom stereocenters. The molecule has 1 aromatic rings. The fourth-order valence-electron chi connectivity index (χ4n) is 5.79. The van der Waals surface area contributed by atoms with Crippen LogP contribution in [-0.4, -0.2) is 48.1 Å². The van der Waals surface area contributed by atoms with Crippen LogP contribution in [-0.2, 0) is 11.8 Å². The highest BCUT2D eigenvalue weighted by molar-refractivity contribution is 5.63. The molecule has 0 saturated carbocycles. The molecule has 0 amide bonds. The minimum Gasteiger partial charge on any atom is -0.490 e. The van der Waals surface area contributed by atoms with Crippen LogP contribution >= 0.6 is 0 Å². The zero-order chi connectivity index (χ0) is 18.1. The second-order valence-corrected chi connectivity index (χ2v) is 8.35. The molecule has 140 valence electrons. The van der Waals surface area contributed by atoms with Gasteiger partial charge in [0.1, 0.15) is 6.10 Å². The minimum atomic E-state index is -1.12. The Labute approximate surface area is 154 Å². The lowest BCUT2D eigenvalue weighted by molar-refractivity contribution is -0.118. The molecule has 2 bridgehead atoms. The molecule has 3 N–H and O–H groups in total. The monoisotopic (exact) mass is 356 g/mol. The van der Waals surface area contributed by atoms with Crippen LogP contribution in [0.3, 0.4) is 0 Å². The van der Waals surface area contributed by atoms with E-state index >= 15 is 0 Å². The number of aliphatic hydroxyl groups is 1. The summed E-state index contributed by atoms with van der Waals surface area (Å²) in [5, 5.41) is 10.8. The lowest BCUT2D eigenvalue weighted by Crippen LogP contribution is -2.74. The maximum absolute atomic E-state index is 10.8. The van der Waals surface area contributed by atoms with E-state index in [2.05, 4.69) is 31.0 Å². The van der Waals surface area contributed by atoms with Crippen LogP contribution in [0.25, 0.3) is 0 Å². The first-order valence-electron chi connectivity index (χ1n) is 9.86. The summed E-state index contributed by atoms with van der Waals surface area (Å²) < 4.78 is 12.5. The summed E-state index contributed by atoms with van der Waals surface area (Å²) in [4.78, 5) is 2.44. The lowest BCUT2D eigenvalue weighted by Gasteiger charge is -2.59. The van der Waals surface area contributed by atoms with Crippen molar-refractivity contribution in [3.05, 3.63) is 35.4 Å². The molecule has 5 nitrogen and oxygen atoms in total. The van der Waals surface area contributed by atoms with Crippen LogP contribution in [0, 0.1) is 5.92 Å². The number of ether oxygens (including phenoxy) is 2. The van der Waals surface area contributed by atoms with Gasteiger partial charge in [0.2, 0.25) is 0 Å². The summed E-state index contributed by atoms with van der Waals surface area (Å²) >= 11 is 0. The third-order valence-corrected chi connectivity index (χ3v) is 7.16. The molecule has 5 heteroatoms. The zero-order valence-corrected chi connectivity index (χ0v) is 15.6. The van der Waals surface area contributed by atoms with Crippen molar-refractivity contribution < 1.29 is 14.6 Å². The van der Waals surface area contributed by atoms with Gasteiger partial charge in [-0.15, -0.1) is 0 Å². The lowest BCUT2D eigenvalue weighted by atomic mass is 9.51. The van der Waals surface area contributed by atoms with Crippen LogP contribution in [0.4, 0.5) is 0 Å². The Balaban J connectivity index is 1.70. The Hall–Kier alpha value is -1.56. The molecular weight excluding hydrogens is 328 g/mol. The number of hydrogen-bond donors (Lipinski definition) is 2. The van der Waals surface area contributed by atoms with Gasteiger partial charge in [-0.05, 0) is 44.5 Å². The molecule has 1 spiro atoms. The van der Waals surface area contributed by atoms with E-state index in [0.717, 1.165) is 43.7 Å². The fourth-order valence-corrected chi connectivity index (χ4v) is 5.79. The SMILES string of the molecule is CCCCOc1ccc2c3c1O[C@@]1(N)[C@@H](O)C=C[C@H]4[C@@H](C2)N(C)CC[C@@]341. The molecule has 2 aliphatic heterocycles. The van der Waals surface area contributed by atoms with Crippen LogP contribution in [0.15, 0.2) is 24.3 Å². The van der Waals surface area contributed by atoms with E-state index in [1.807, 2.05) is 12.1 Å². The number of likely N-dealkylation sites (tertiary alicyclic amines) is 1. The van der Waals surface area contributed by atoms with E-state index < -0.39 is 11.8 Å². The van der Waals surface area contributed by atoms with Crippen molar-refractivity contribution in [2.45, 2.75) is 55.9 Å². The van der Waals surface area contributed by atoms with E-state index in [1.54, 1.807) is 0 Å². The second-order valence-electron chi connectivity index (χ2n) is 8.35. The summed E-state index contributed by atoms with van der Waals surface area (Å²) in [6.45, 7) is 3.79. The van der Waals surface area contributed by atoms with Gasteiger partial charge in [0.25, 0.3) is 0 Å². The van der Waals surface area contributed by atoms with Gasteiger partial charge in [-0.25, -0.2) is 0 Å². The normalized spacial score (nSPS) is 39.5. The van der Waals surface area contributed by atoms with Gasteiger partial charge in [0.15, 0.2) is 17.2 Å². The average molecular weight is 356 g/mol. The van der Waals surface area contributed by atoms with Gasteiger partial charge in [-0.2, -0.15) is 0 Å². The van der Waals surface area contributed by atoms with Crippen molar-refractivity contribution in [2.24, 2.45) is 11.7 Å². The quantitative estimate of drug-likeness (QED) is 0.638. The van der Waals surface area contributed by atoms with Crippen molar-refractivity contribution >= 4 is 0 Å². The topological polar surface area (TPSA) is 68.0 Å². The summed E-state index contributed by atoms with van der Waals surface area (Å²) in [6, 6.07) is 4.60. The summed E-state index contributed by atoms with van der Waals surface area (Å²) in [5.41, 5.74) is 7.87. The molecule has 5 rings (SSSR count). The Morgan fingerprint density at radius 3 is 3.04 bits per heavy atom. The second kappa shape index (κ2) is 5.47. The highest BCUT2D eigenvalue weighted by Gasteiger charge is 2.70. The predicted octanol–water partition coefficient (Wildman–Crippen LogP) is 1.96. The molecule has 2 aliphatic carbocycles. The number of aliphatic hydroxyl groups excluding tert-OH is 1. The van der Waals surface area contributed by atoms with Crippen LogP contribution in [0.1, 0.15) is 37.3 Å². The van der Waals surface area contributed by atoms with Gasteiger partial charge >= 0.3 is 0 Å². The largest absolute Gasteiger partial charge is 0.490 e. The van der Waals surface area contributed by atoms with Crippen molar-refractivity contribution in [2.75, 3.05) is 20.2 Å². The number of benzene rings is 1. The number of likely N-dealkylation sites (N-methyl/N-ethyl adjacent to an activating group) is 1. The van der Waals surface area contributed by atoms with E-state index in [9.17, 15) is 5.11 Å². The zero-order valence-electron chi connectivity index (χ0n) is 15.6. The summed E-state index contributed by atoms with van der Waals surface area (Å²) in [6.07, 6.45) is 7.18. The number of nitrogens with two attached hydrogens (primary N) is 1. The first kappa shape index (κ1) is 16.6. The first-order valence-corrected chi connectivity index (χ1v) is 9.86. The van der Waals surface area contributed by atoms with E-state index in [-0.39, 0.29) is 11.3 Å². The highest BCUT2D eigenvalue weighted by atomic mass is 16.6. The molecule has 0 aromatic heterocycles. The number of rotatable bonds is 4. The Morgan fingerprint density at radius 2 is 2.23 bits per heavy atom. The maximum Gasteiger partial charge on any atom is 0.198 e. The van der Waals surface area contributed by atoms with Crippen molar-refractivity contribution in [3.8, 4) is 11.5 Å². The fraction of sp³-hybridized carbons (Fsp3) is 0.619. The Morgan fingerprint density at radius 1 is 1.38 bits per heavy atom. The van der Waals surface area contributed by atoms with Crippen molar-refractivity contribution in [1.82, 2.24) is 4.90 Å². The first-order chi connectivity index (χ1) is 12.5. The van der Waals surface area contributed by atoms with Crippen LogP contribution in [0.2, 0.25) is 0 Å².